The van der Waals surface area contributed by atoms with Gasteiger partial charge in [-0.15, -0.1) is 0 Å². The van der Waals surface area contributed by atoms with Gasteiger partial charge in [-0.25, -0.2) is 0 Å². The summed E-state index contributed by atoms with van der Waals surface area (Å²) in [5, 5.41) is 10.4. The molecule has 0 fully saturated rings. The fourth-order valence-corrected chi connectivity index (χ4v) is 2.40. The minimum absolute atomic E-state index is 0.317. The lowest BCUT2D eigenvalue weighted by Crippen LogP contribution is -2.35. The quantitative estimate of drug-likeness (QED) is 0.938. The first-order chi connectivity index (χ1) is 10.3. The molecular weight excluding hydrogens is 268 g/mol. The van der Waals surface area contributed by atoms with E-state index in [2.05, 4.69) is 0 Å². The van der Waals surface area contributed by atoms with Crippen molar-refractivity contribution in [2.75, 3.05) is 13.2 Å². The van der Waals surface area contributed by atoms with Gasteiger partial charge in [-0.2, -0.15) is 0 Å². The molecule has 1 aliphatic rings. The summed E-state index contributed by atoms with van der Waals surface area (Å²) < 4.78 is 16.9. The summed E-state index contributed by atoms with van der Waals surface area (Å²) in [5.74, 6) is 2.13. The van der Waals surface area contributed by atoms with Gasteiger partial charge in [0.05, 0.1) is 6.61 Å². The molecule has 110 valence electrons. The van der Waals surface area contributed by atoms with Crippen LogP contribution in [0.2, 0.25) is 0 Å². The number of para-hydroxylation sites is 1. The van der Waals surface area contributed by atoms with Crippen molar-refractivity contribution in [3.05, 3.63) is 54.1 Å². The largest absolute Gasteiger partial charge is 0.494 e. The van der Waals surface area contributed by atoms with E-state index in [1.165, 1.54) is 0 Å². The van der Waals surface area contributed by atoms with Gasteiger partial charge in [-0.05, 0) is 25.1 Å². The van der Waals surface area contributed by atoms with Crippen LogP contribution in [0.15, 0.2) is 48.5 Å². The van der Waals surface area contributed by atoms with Gasteiger partial charge in [0.25, 0.3) is 0 Å². The topological polar surface area (TPSA) is 47.9 Å². The molecule has 21 heavy (non-hydrogen) atoms. The molecule has 0 spiro atoms. The van der Waals surface area contributed by atoms with Gasteiger partial charge in [-0.1, -0.05) is 24.3 Å². The lowest BCUT2D eigenvalue weighted by molar-refractivity contribution is -0.0103. The number of hydrogen-bond donors (Lipinski definition) is 1. The van der Waals surface area contributed by atoms with Crippen molar-refractivity contribution in [3.63, 3.8) is 0 Å². The van der Waals surface area contributed by atoms with Gasteiger partial charge < -0.3 is 19.3 Å². The minimum Gasteiger partial charge on any atom is -0.494 e. The van der Waals surface area contributed by atoms with Crippen LogP contribution in [0, 0.1) is 0 Å². The highest BCUT2D eigenvalue weighted by atomic mass is 16.5. The summed E-state index contributed by atoms with van der Waals surface area (Å²) in [4.78, 5) is 0. The average molecular weight is 286 g/mol. The second-order valence-electron chi connectivity index (χ2n) is 4.86. The third kappa shape index (κ3) is 2.95. The summed E-state index contributed by atoms with van der Waals surface area (Å²) in [5.41, 5.74) is 0.759. The molecule has 2 aromatic carbocycles. The number of rotatable bonds is 4. The van der Waals surface area contributed by atoms with Gasteiger partial charge in [0.2, 0.25) is 0 Å². The number of ether oxygens (including phenoxy) is 3. The maximum Gasteiger partial charge on any atom is 0.163 e. The maximum atomic E-state index is 10.4. The molecule has 0 saturated heterocycles. The van der Waals surface area contributed by atoms with Crippen molar-refractivity contribution >= 4 is 0 Å². The fourth-order valence-electron chi connectivity index (χ4n) is 2.40. The van der Waals surface area contributed by atoms with Crippen LogP contribution in [-0.2, 0) is 0 Å². The van der Waals surface area contributed by atoms with E-state index in [4.69, 9.17) is 14.2 Å². The molecule has 2 aromatic rings. The van der Waals surface area contributed by atoms with Gasteiger partial charge in [0.15, 0.2) is 6.10 Å². The molecule has 0 saturated carbocycles. The summed E-state index contributed by atoms with van der Waals surface area (Å²) in [6, 6.07) is 14.9. The van der Waals surface area contributed by atoms with Crippen LogP contribution in [0.3, 0.4) is 0 Å². The average Bonchev–Trinajstić information content (AvgIpc) is 2.51. The molecule has 2 unspecified atom stereocenters. The first kappa shape index (κ1) is 13.8. The Kier molecular flexibility index (Phi) is 3.97. The second-order valence-corrected chi connectivity index (χ2v) is 4.86. The predicted molar refractivity (Wildman–Crippen MR) is 78.9 cm³/mol. The van der Waals surface area contributed by atoms with Crippen LogP contribution >= 0.6 is 0 Å². The van der Waals surface area contributed by atoms with Crippen molar-refractivity contribution in [1.29, 1.82) is 0 Å². The Morgan fingerprint density at radius 3 is 2.81 bits per heavy atom. The van der Waals surface area contributed by atoms with Crippen LogP contribution in [0.4, 0.5) is 0 Å². The first-order valence-electron chi connectivity index (χ1n) is 7.07. The van der Waals surface area contributed by atoms with Crippen LogP contribution in [0.1, 0.15) is 18.6 Å². The Hall–Kier alpha value is -2.20. The highest BCUT2D eigenvalue weighted by Crippen LogP contribution is 2.34. The van der Waals surface area contributed by atoms with Crippen LogP contribution < -0.4 is 14.2 Å². The van der Waals surface area contributed by atoms with Crippen molar-refractivity contribution in [1.82, 2.24) is 0 Å². The molecule has 3 rings (SSSR count). The highest BCUT2D eigenvalue weighted by molar-refractivity contribution is 5.38. The number of aliphatic hydroxyl groups is 1. The Bertz CT molecular complexity index is 611. The zero-order chi connectivity index (χ0) is 14.7. The molecule has 0 aromatic heterocycles. The molecule has 1 heterocycles. The third-order valence-electron chi connectivity index (χ3n) is 3.40. The maximum absolute atomic E-state index is 10.4. The van der Waals surface area contributed by atoms with E-state index in [9.17, 15) is 5.11 Å². The van der Waals surface area contributed by atoms with E-state index in [-0.39, 0.29) is 0 Å². The second kappa shape index (κ2) is 6.06. The van der Waals surface area contributed by atoms with Crippen molar-refractivity contribution in [2.45, 2.75) is 19.1 Å². The Morgan fingerprint density at radius 2 is 1.95 bits per heavy atom. The van der Waals surface area contributed by atoms with Gasteiger partial charge in [-0.3, -0.25) is 0 Å². The van der Waals surface area contributed by atoms with Gasteiger partial charge in [0.1, 0.15) is 30.0 Å². The predicted octanol–water partition coefficient (Wildman–Crippen LogP) is 2.96. The molecule has 2 atom stereocenters. The molecular formula is C17H18O4. The van der Waals surface area contributed by atoms with Crippen LogP contribution in [0.5, 0.6) is 17.2 Å². The van der Waals surface area contributed by atoms with E-state index in [1.807, 2.05) is 55.5 Å². The Balaban J connectivity index is 1.75. The normalized spacial score (nSPS) is 20.3. The zero-order valence-corrected chi connectivity index (χ0v) is 11.9. The third-order valence-corrected chi connectivity index (χ3v) is 3.40. The van der Waals surface area contributed by atoms with Crippen molar-refractivity contribution in [3.8, 4) is 17.2 Å². The standard InChI is InChI=1S/C17H18O4/c1-2-19-12-6-5-7-13(10-12)21-16-11-20-15-9-4-3-8-14(15)17(16)18/h3-10,16-18H,2,11H2,1H3. The molecule has 0 radical (unpaired) electrons. The molecule has 4 heteroatoms. The van der Waals surface area contributed by atoms with Crippen LogP contribution in [0.25, 0.3) is 0 Å². The smallest absolute Gasteiger partial charge is 0.163 e. The fraction of sp³-hybridized carbons (Fsp3) is 0.294. The van der Waals surface area contributed by atoms with E-state index < -0.39 is 12.2 Å². The Morgan fingerprint density at radius 1 is 1.14 bits per heavy atom. The summed E-state index contributed by atoms with van der Waals surface area (Å²) in [7, 11) is 0. The van der Waals surface area contributed by atoms with Gasteiger partial charge >= 0.3 is 0 Å². The lowest BCUT2D eigenvalue weighted by Gasteiger charge is -2.30. The molecule has 0 aliphatic carbocycles. The van der Waals surface area contributed by atoms with E-state index in [0.717, 1.165) is 11.3 Å². The van der Waals surface area contributed by atoms with Crippen molar-refractivity contribution in [2.24, 2.45) is 0 Å². The minimum atomic E-state index is -0.703. The van der Waals surface area contributed by atoms with Crippen LogP contribution in [-0.4, -0.2) is 24.4 Å². The monoisotopic (exact) mass is 286 g/mol. The SMILES string of the molecule is CCOc1cccc(OC2COc3ccccc3C2O)c1. The lowest BCUT2D eigenvalue weighted by atomic mass is 10.0. The van der Waals surface area contributed by atoms with Crippen molar-refractivity contribution < 1.29 is 19.3 Å². The molecule has 1 aliphatic heterocycles. The van der Waals surface area contributed by atoms with Gasteiger partial charge in [0, 0.05) is 11.6 Å². The molecule has 0 bridgehead atoms. The summed E-state index contributed by atoms with van der Waals surface area (Å²) >= 11 is 0. The summed E-state index contributed by atoms with van der Waals surface area (Å²) in [6.07, 6.45) is -1.14. The molecule has 4 nitrogen and oxygen atoms in total. The van der Waals surface area contributed by atoms with E-state index in [0.29, 0.717) is 24.7 Å². The zero-order valence-electron chi connectivity index (χ0n) is 11.9. The van der Waals surface area contributed by atoms with E-state index in [1.54, 1.807) is 0 Å². The highest BCUT2D eigenvalue weighted by Gasteiger charge is 2.30. The summed E-state index contributed by atoms with van der Waals surface area (Å²) in [6.45, 7) is 2.85. The number of hydrogen-bond acceptors (Lipinski definition) is 4. The first-order valence-corrected chi connectivity index (χ1v) is 7.07. The Labute approximate surface area is 123 Å². The molecule has 1 N–H and O–H groups in total. The van der Waals surface area contributed by atoms with E-state index >= 15 is 0 Å². The number of aliphatic hydroxyl groups excluding tert-OH is 1. The number of fused-ring (bicyclic) bond motifs is 1. The number of benzene rings is 2. The molecule has 0 amide bonds.